The lowest BCUT2D eigenvalue weighted by molar-refractivity contribution is -0.131. The van der Waals surface area contributed by atoms with E-state index in [9.17, 15) is 18.0 Å². The molecule has 1 atom stereocenters. The van der Waals surface area contributed by atoms with Crippen LogP contribution in [-0.4, -0.2) is 32.4 Å². The Morgan fingerprint density at radius 3 is 2.06 bits per heavy atom. The Bertz CT molecular complexity index is 429. The molecule has 0 heterocycles. The number of carbonyl (C=O) groups is 2. The normalized spacial score (nSPS) is 14.6. The highest BCUT2D eigenvalue weighted by Gasteiger charge is 2.24. The third kappa shape index (κ3) is 6.88. The summed E-state index contributed by atoms with van der Waals surface area (Å²) in [7, 11) is -3.32. The molecule has 0 aromatic rings. The zero-order valence-electron chi connectivity index (χ0n) is 10.8. The van der Waals surface area contributed by atoms with Crippen LogP contribution >= 0.6 is 0 Å². The summed E-state index contributed by atoms with van der Waals surface area (Å²) in [6, 6.07) is -0.736. The quantitative estimate of drug-likeness (QED) is 0.754. The van der Waals surface area contributed by atoms with Gasteiger partial charge in [-0.2, -0.15) is 0 Å². The van der Waals surface area contributed by atoms with Crippen LogP contribution in [0.3, 0.4) is 0 Å². The van der Waals surface area contributed by atoms with Crippen LogP contribution in [0.25, 0.3) is 0 Å². The number of sulfone groups is 1. The number of carbonyl (C=O) groups excluding carboxylic acids is 2. The van der Waals surface area contributed by atoms with Gasteiger partial charge >= 0.3 is 0 Å². The molecule has 0 unspecified atom stereocenters. The Balaban J connectivity index is 4.55. The van der Waals surface area contributed by atoms with Crippen molar-refractivity contribution in [1.82, 2.24) is 5.32 Å². The smallest absolute Gasteiger partial charge is 0.225 e. The Labute approximate surface area is 102 Å². The van der Waals surface area contributed by atoms with Crippen LogP contribution in [-0.2, 0) is 19.4 Å². The first-order valence-corrected chi connectivity index (χ1v) is 7.12. The van der Waals surface area contributed by atoms with E-state index in [1.807, 2.05) is 0 Å². The third-order valence-corrected chi connectivity index (χ3v) is 2.57. The Morgan fingerprint density at radius 2 is 1.71 bits per heavy atom. The minimum Gasteiger partial charge on any atom is -0.346 e. The van der Waals surface area contributed by atoms with E-state index in [2.05, 4.69) is 5.32 Å². The first kappa shape index (κ1) is 15.8. The Kier molecular flexibility index (Phi) is 5.07. The first-order valence-electron chi connectivity index (χ1n) is 5.16. The third-order valence-electron chi connectivity index (χ3n) is 1.94. The van der Waals surface area contributed by atoms with E-state index in [1.165, 1.54) is 6.92 Å². The monoisotopic (exact) mass is 261 g/mol. The van der Waals surface area contributed by atoms with Crippen LogP contribution in [0.1, 0.15) is 27.7 Å². The fourth-order valence-electron chi connectivity index (χ4n) is 0.819. The molecule has 0 rings (SSSR count). The van der Waals surface area contributed by atoms with Crippen LogP contribution in [0.15, 0.2) is 11.5 Å². The van der Waals surface area contributed by atoms with Crippen molar-refractivity contribution in [2.75, 3.05) is 6.26 Å². The minimum atomic E-state index is -3.32. The molecular weight excluding hydrogens is 242 g/mol. The van der Waals surface area contributed by atoms with Crippen molar-refractivity contribution in [3.63, 3.8) is 0 Å². The van der Waals surface area contributed by atoms with E-state index in [0.717, 1.165) is 17.7 Å². The van der Waals surface area contributed by atoms with Crippen molar-refractivity contribution in [2.45, 2.75) is 33.7 Å². The van der Waals surface area contributed by atoms with E-state index in [4.69, 9.17) is 0 Å². The summed E-state index contributed by atoms with van der Waals surface area (Å²) in [5.41, 5.74) is -0.588. The lowest BCUT2D eigenvalue weighted by atomic mass is 9.95. The highest BCUT2D eigenvalue weighted by Crippen LogP contribution is 2.12. The lowest BCUT2D eigenvalue weighted by Gasteiger charge is -2.20. The summed E-state index contributed by atoms with van der Waals surface area (Å²) >= 11 is 0. The van der Waals surface area contributed by atoms with Gasteiger partial charge in [0.15, 0.2) is 15.6 Å². The average molecular weight is 261 g/mol. The molecule has 0 aromatic heterocycles. The van der Waals surface area contributed by atoms with Crippen LogP contribution in [0.4, 0.5) is 0 Å². The van der Waals surface area contributed by atoms with E-state index < -0.39 is 27.1 Å². The zero-order chi connectivity index (χ0) is 13.9. The molecule has 6 heteroatoms. The predicted molar refractivity (Wildman–Crippen MR) is 66.1 cm³/mol. The van der Waals surface area contributed by atoms with Gasteiger partial charge in [-0.1, -0.05) is 20.8 Å². The van der Waals surface area contributed by atoms with Crippen molar-refractivity contribution < 1.29 is 18.0 Å². The maximum absolute atomic E-state index is 11.6. The van der Waals surface area contributed by atoms with Crippen molar-refractivity contribution >= 4 is 21.5 Å². The molecule has 0 fully saturated rings. The van der Waals surface area contributed by atoms with Crippen molar-refractivity contribution in [1.29, 1.82) is 0 Å². The molecule has 98 valence electrons. The molecule has 5 nitrogen and oxygen atoms in total. The van der Waals surface area contributed by atoms with E-state index in [1.54, 1.807) is 20.8 Å². The molecule has 0 aliphatic heterocycles. The molecule has 0 aliphatic rings. The molecule has 0 bridgehead atoms. The van der Waals surface area contributed by atoms with E-state index >= 15 is 0 Å². The molecular formula is C11H19NO4S. The molecule has 1 amide bonds. The number of amides is 1. The molecule has 0 saturated carbocycles. The van der Waals surface area contributed by atoms with Crippen LogP contribution < -0.4 is 5.32 Å². The second kappa shape index (κ2) is 5.44. The number of rotatable bonds is 4. The predicted octanol–water partition coefficient (Wildman–Crippen LogP) is 0.665. The first-order chi connectivity index (χ1) is 7.43. The summed E-state index contributed by atoms with van der Waals surface area (Å²) in [4.78, 5) is 23.1. The molecule has 17 heavy (non-hydrogen) atoms. The fraction of sp³-hybridized carbons (Fsp3) is 0.636. The maximum Gasteiger partial charge on any atom is 0.225 e. The highest BCUT2D eigenvalue weighted by atomic mass is 32.2. The van der Waals surface area contributed by atoms with Crippen LogP contribution in [0, 0.1) is 5.41 Å². The minimum absolute atomic E-state index is 0.258. The number of hydrogen-bond donors (Lipinski definition) is 1. The van der Waals surface area contributed by atoms with Gasteiger partial charge in [0.2, 0.25) is 5.91 Å². The molecule has 1 N–H and O–H groups in total. The Hall–Kier alpha value is -1.17. The summed E-state index contributed by atoms with van der Waals surface area (Å²) in [6.07, 6.45) is 1.96. The van der Waals surface area contributed by atoms with Gasteiger partial charge in [-0.15, -0.1) is 0 Å². The van der Waals surface area contributed by atoms with Gasteiger partial charge in [-0.3, -0.25) is 9.59 Å². The number of hydrogen-bond acceptors (Lipinski definition) is 4. The van der Waals surface area contributed by atoms with Gasteiger partial charge in [0.1, 0.15) is 0 Å². The standard InChI is InChI=1S/C11H19NO4S/c1-8(12-10(14)11(2,3)4)9(13)6-7-17(5,15)16/h6-8H,1-5H3,(H,12,14)/b7-6+/t8-/m0/s1. The number of ketones is 1. The topological polar surface area (TPSA) is 80.3 Å². The second-order valence-corrected chi connectivity index (χ2v) is 6.91. The Morgan fingerprint density at radius 1 is 1.24 bits per heavy atom. The summed E-state index contributed by atoms with van der Waals surface area (Å²) in [5.74, 6) is -0.709. The van der Waals surface area contributed by atoms with Gasteiger partial charge in [0.05, 0.1) is 6.04 Å². The molecule has 0 aliphatic carbocycles. The fourth-order valence-corrected chi connectivity index (χ4v) is 1.20. The molecule has 0 saturated heterocycles. The summed E-state index contributed by atoms with van der Waals surface area (Å²) in [5, 5.41) is 3.35. The van der Waals surface area contributed by atoms with Gasteiger partial charge in [0.25, 0.3) is 0 Å². The van der Waals surface area contributed by atoms with Gasteiger partial charge in [-0.25, -0.2) is 8.42 Å². The van der Waals surface area contributed by atoms with Gasteiger partial charge < -0.3 is 5.32 Å². The molecule has 0 spiro atoms. The van der Waals surface area contributed by atoms with E-state index in [0.29, 0.717) is 0 Å². The van der Waals surface area contributed by atoms with Gasteiger partial charge in [-0.05, 0) is 13.0 Å². The highest BCUT2D eigenvalue weighted by molar-refractivity contribution is 7.93. The SMILES string of the molecule is C[C@H](NC(=O)C(C)(C)C)C(=O)/C=C/S(C)(=O)=O. The zero-order valence-corrected chi connectivity index (χ0v) is 11.6. The average Bonchev–Trinajstić information content (AvgIpc) is 2.11. The van der Waals surface area contributed by atoms with Crippen molar-refractivity contribution in [3.8, 4) is 0 Å². The van der Waals surface area contributed by atoms with Crippen LogP contribution in [0.5, 0.6) is 0 Å². The number of nitrogens with one attached hydrogen (secondary N) is 1. The maximum atomic E-state index is 11.6. The second-order valence-electron chi connectivity index (χ2n) is 4.98. The van der Waals surface area contributed by atoms with Crippen molar-refractivity contribution in [3.05, 3.63) is 11.5 Å². The lowest BCUT2D eigenvalue weighted by Crippen LogP contribution is -2.43. The molecule has 0 aromatic carbocycles. The van der Waals surface area contributed by atoms with Crippen molar-refractivity contribution in [2.24, 2.45) is 5.41 Å². The summed E-state index contributed by atoms with van der Waals surface area (Å²) < 4.78 is 21.6. The largest absolute Gasteiger partial charge is 0.346 e. The summed E-state index contributed by atoms with van der Waals surface area (Å²) in [6.45, 7) is 6.70. The van der Waals surface area contributed by atoms with Crippen LogP contribution in [0.2, 0.25) is 0 Å². The molecule has 0 radical (unpaired) electrons. The van der Waals surface area contributed by atoms with E-state index in [-0.39, 0.29) is 5.91 Å². The van der Waals surface area contributed by atoms with Gasteiger partial charge in [0, 0.05) is 17.1 Å².